The van der Waals surface area contributed by atoms with Crippen molar-refractivity contribution >= 4 is 17.4 Å². The van der Waals surface area contributed by atoms with Crippen molar-refractivity contribution in [3.8, 4) is 0 Å². The van der Waals surface area contributed by atoms with Gasteiger partial charge < -0.3 is 15.5 Å². The highest BCUT2D eigenvalue weighted by Crippen LogP contribution is 2.11. The number of nitrogens with zero attached hydrogens (tertiary/aromatic N) is 2. The van der Waals surface area contributed by atoms with E-state index in [2.05, 4.69) is 34.6 Å². The van der Waals surface area contributed by atoms with Crippen LogP contribution in [0.5, 0.6) is 0 Å². The fourth-order valence-corrected chi connectivity index (χ4v) is 1.98. The van der Waals surface area contributed by atoms with E-state index in [1.165, 1.54) is 0 Å². The van der Waals surface area contributed by atoms with Gasteiger partial charge in [0.05, 0.1) is 11.9 Å². The van der Waals surface area contributed by atoms with Gasteiger partial charge in [0.2, 0.25) is 0 Å². The van der Waals surface area contributed by atoms with Crippen LogP contribution in [-0.2, 0) is 0 Å². The van der Waals surface area contributed by atoms with Gasteiger partial charge in [0.1, 0.15) is 5.82 Å². The van der Waals surface area contributed by atoms with Gasteiger partial charge in [-0.3, -0.25) is 4.79 Å². The fourth-order valence-electron chi connectivity index (χ4n) is 1.98. The molecule has 2 rings (SSSR count). The molecule has 0 saturated carbocycles. The van der Waals surface area contributed by atoms with Crippen LogP contribution in [0.25, 0.3) is 0 Å². The summed E-state index contributed by atoms with van der Waals surface area (Å²) in [4.78, 5) is 18.5. The van der Waals surface area contributed by atoms with Crippen LogP contribution in [0, 0.1) is 0 Å². The molecule has 0 unspecified atom stereocenters. The Morgan fingerprint density at radius 1 is 1.14 bits per heavy atom. The second kappa shape index (κ2) is 8.14. The van der Waals surface area contributed by atoms with Crippen LogP contribution in [0.3, 0.4) is 0 Å². The van der Waals surface area contributed by atoms with Gasteiger partial charge in [0.25, 0.3) is 5.91 Å². The van der Waals surface area contributed by atoms with Gasteiger partial charge in [0.15, 0.2) is 0 Å². The molecular formula is C17H22N4O. The third-order valence-corrected chi connectivity index (χ3v) is 3.15. The number of carbonyl (C=O) groups excluding carboxylic acids is 1. The maximum absolute atomic E-state index is 12.0. The lowest BCUT2D eigenvalue weighted by Crippen LogP contribution is -2.16. The summed E-state index contributed by atoms with van der Waals surface area (Å²) in [6.45, 7) is 1.92. The molecule has 1 aromatic carbocycles. The van der Waals surface area contributed by atoms with E-state index in [1.54, 1.807) is 18.3 Å². The third-order valence-electron chi connectivity index (χ3n) is 3.15. The summed E-state index contributed by atoms with van der Waals surface area (Å²) < 4.78 is 0. The van der Waals surface area contributed by atoms with Crippen molar-refractivity contribution in [2.75, 3.05) is 37.8 Å². The molecule has 0 spiro atoms. The first-order valence-electron chi connectivity index (χ1n) is 7.36. The molecule has 1 amide bonds. The monoisotopic (exact) mass is 298 g/mol. The van der Waals surface area contributed by atoms with Gasteiger partial charge in [-0.2, -0.15) is 0 Å². The molecule has 0 radical (unpaired) electrons. The Hall–Kier alpha value is -2.40. The summed E-state index contributed by atoms with van der Waals surface area (Å²) in [5, 5.41) is 6.09. The lowest BCUT2D eigenvalue weighted by Gasteiger charge is -2.10. The Kier molecular flexibility index (Phi) is 5.91. The average Bonchev–Trinajstić information content (AvgIpc) is 2.54. The molecule has 0 aliphatic rings. The van der Waals surface area contributed by atoms with Crippen molar-refractivity contribution in [1.29, 1.82) is 0 Å². The number of aromatic nitrogens is 1. The van der Waals surface area contributed by atoms with Crippen molar-refractivity contribution in [3.05, 3.63) is 54.2 Å². The quantitative estimate of drug-likeness (QED) is 0.772. The highest BCUT2D eigenvalue weighted by molar-refractivity contribution is 6.04. The molecule has 2 N–H and O–H groups in total. The number of rotatable bonds is 7. The Morgan fingerprint density at radius 3 is 2.55 bits per heavy atom. The minimum absolute atomic E-state index is 0.130. The molecule has 2 aromatic rings. The van der Waals surface area contributed by atoms with E-state index in [0.717, 1.165) is 25.3 Å². The summed E-state index contributed by atoms with van der Waals surface area (Å²) in [5.41, 5.74) is 1.32. The van der Waals surface area contributed by atoms with Gasteiger partial charge in [-0.25, -0.2) is 4.98 Å². The van der Waals surface area contributed by atoms with E-state index >= 15 is 0 Å². The first-order chi connectivity index (χ1) is 10.6. The predicted molar refractivity (Wildman–Crippen MR) is 90.3 cm³/mol. The van der Waals surface area contributed by atoms with Crippen molar-refractivity contribution in [2.45, 2.75) is 6.42 Å². The van der Waals surface area contributed by atoms with E-state index in [1.807, 2.05) is 30.3 Å². The number of hydrogen-bond acceptors (Lipinski definition) is 4. The molecule has 5 heteroatoms. The topological polar surface area (TPSA) is 57.3 Å². The zero-order chi connectivity index (χ0) is 15.8. The molecule has 0 aliphatic carbocycles. The van der Waals surface area contributed by atoms with Crippen LogP contribution in [0.2, 0.25) is 0 Å². The van der Waals surface area contributed by atoms with Gasteiger partial charge in [-0.05, 0) is 51.3 Å². The van der Waals surface area contributed by atoms with Crippen molar-refractivity contribution in [1.82, 2.24) is 9.88 Å². The third kappa shape index (κ3) is 5.18. The highest BCUT2D eigenvalue weighted by Gasteiger charge is 2.05. The Bertz CT molecular complexity index is 581. The second-order valence-electron chi connectivity index (χ2n) is 5.34. The normalized spacial score (nSPS) is 10.5. The molecule has 1 aromatic heterocycles. The van der Waals surface area contributed by atoms with E-state index in [9.17, 15) is 4.79 Å². The summed E-state index contributed by atoms with van der Waals surface area (Å²) in [7, 11) is 4.12. The molecule has 0 aliphatic heterocycles. The van der Waals surface area contributed by atoms with Crippen LogP contribution in [0.15, 0.2) is 48.7 Å². The largest absolute Gasteiger partial charge is 0.370 e. The number of benzene rings is 1. The molecule has 0 fully saturated rings. The molecule has 22 heavy (non-hydrogen) atoms. The Morgan fingerprint density at radius 2 is 1.91 bits per heavy atom. The SMILES string of the molecule is CN(C)CCCNc1ccc(NC(=O)c2ccccc2)cn1. The minimum atomic E-state index is -0.130. The van der Waals surface area contributed by atoms with Gasteiger partial charge >= 0.3 is 0 Å². The first kappa shape index (κ1) is 16.0. The maximum atomic E-state index is 12.0. The van der Waals surface area contributed by atoms with Crippen molar-refractivity contribution < 1.29 is 4.79 Å². The van der Waals surface area contributed by atoms with Crippen molar-refractivity contribution in [3.63, 3.8) is 0 Å². The van der Waals surface area contributed by atoms with Crippen LogP contribution in [0.1, 0.15) is 16.8 Å². The summed E-state index contributed by atoms with van der Waals surface area (Å²) in [6.07, 6.45) is 2.72. The van der Waals surface area contributed by atoms with Crippen LogP contribution < -0.4 is 10.6 Å². The molecular weight excluding hydrogens is 276 g/mol. The van der Waals surface area contributed by atoms with Gasteiger partial charge in [-0.15, -0.1) is 0 Å². The summed E-state index contributed by atoms with van der Waals surface area (Å²) >= 11 is 0. The van der Waals surface area contributed by atoms with E-state index in [4.69, 9.17) is 0 Å². The zero-order valence-corrected chi connectivity index (χ0v) is 13.0. The number of carbonyl (C=O) groups is 1. The lowest BCUT2D eigenvalue weighted by molar-refractivity contribution is 0.102. The lowest BCUT2D eigenvalue weighted by atomic mass is 10.2. The summed E-state index contributed by atoms with van der Waals surface area (Å²) in [5.74, 6) is 0.686. The number of anilines is 2. The molecule has 0 atom stereocenters. The molecule has 116 valence electrons. The molecule has 0 saturated heterocycles. The number of pyridine rings is 1. The maximum Gasteiger partial charge on any atom is 0.255 e. The zero-order valence-electron chi connectivity index (χ0n) is 13.0. The summed E-state index contributed by atoms with van der Waals surface area (Å²) in [6, 6.07) is 12.8. The molecule has 5 nitrogen and oxygen atoms in total. The van der Waals surface area contributed by atoms with Crippen LogP contribution in [-0.4, -0.2) is 43.0 Å². The second-order valence-corrected chi connectivity index (χ2v) is 5.34. The van der Waals surface area contributed by atoms with Gasteiger partial charge in [0, 0.05) is 12.1 Å². The highest BCUT2D eigenvalue weighted by atomic mass is 16.1. The molecule has 1 heterocycles. The average molecular weight is 298 g/mol. The number of amides is 1. The van der Waals surface area contributed by atoms with E-state index in [0.29, 0.717) is 11.3 Å². The predicted octanol–water partition coefficient (Wildman–Crippen LogP) is 2.70. The Labute approximate surface area is 131 Å². The standard InChI is InChI=1S/C17H22N4O/c1-21(2)12-6-11-18-16-10-9-15(13-19-16)20-17(22)14-7-4-3-5-8-14/h3-5,7-10,13H,6,11-12H2,1-2H3,(H,18,19)(H,20,22). The molecule has 0 bridgehead atoms. The van der Waals surface area contributed by atoms with Crippen LogP contribution in [0.4, 0.5) is 11.5 Å². The fraction of sp³-hybridized carbons (Fsp3) is 0.294. The van der Waals surface area contributed by atoms with Gasteiger partial charge in [-0.1, -0.05) is 18.2 Å². The Balaban J connectivity index is 1.83. The minimum Gasteiger partial charge on any atom is -0.370 e. The smallest absolute Gasteiger partial charge is 0.255 e. The van der Waals surface area contributed by atoms with E-state index in [-0.39, 0.29) is 5.91 Å². The first-order valence-corrected chi connectivity index (χ1v) is 7.36. The number of nitrogens with one attached hydrogen (secondary N) is 2. The van der Waals surface area contributed by atoms with E-state index < -0.39 is 0 Å². The number of hydrogen-bond donors (Lipinski definition) is 2. The van der Waals surface area contributed by atoms with Crippen LogP contribution >= 0.6 is 0 Å². The van der Waals surface area contributed by atoms with Crippen molar-refractivity contribution in [2.24, 2.45) is 0 Å².